The van der Waals surface area contributed by atoms with Crippen molar-refractivity contribution in [2.75, 3.05) is 18.4 Å². The van der Waals surface area contributed by atoms with Gasteiger partial charge in [0.15, 0.2) is 5.82 Å². The topological polar surface area (TPSA) is 41.0 Å². The first-order valence-electron chi connectivity index (χ1n) is 8.08. The predicted molar refractivity (Wildman–Crippen MR) is 90.2 cm³/mol. The van der Waals surface area contributed by atoms with Gasteiger partial charge in [0.25, 0.3) is 0 Å². The third-order valence-electron chi connectivity index (χ3n) is 4.31. The molecular weight excluding hydrogens is 272 g/mol. The Balaban J connectivity index is 1.57. The Hall–Kier alpha value is -1.94. The summed E-state index contributed by atoms with van der Waals surface area (Å²) in [6, 6.07) is 12.5. The summed E-state index contributed by atoms with van der Waals surface area (Å²) in [6.45, 7) is 7.79. The van der Waals surface area contributed by atoms with E-state index in [0.29, 0.717) is 0 Å². The van der Waals surface area contributed by atoms with Crippen LogP contribution in [-0.4, -0.2) is 28.2 Å². The first kappa shape index (κ1) is 15.0. The van der Waals surface area contributed by atoms with Crippen molar-refractivity contribution >= 4 is 11.5 Å². The molecule has 116 valence electrons. The number of aryl methyl sites for hydroxylation is 1. The Labute approximate surface area is 132 Å². The van der Waals surface area contributed by atoms with Gasteiger partial charge in [-0.15, -0.1) is 5.10 Å². The number of nitrogens with one attached hydrogen (secondary N) is 1. The van der Waals surface area contributed by atoms with Crippen LogP contribution >= 0.6 is 0 Å². The molecule has 0 atom stereocenters. The second-order valence-electron chi connectivity index (χ2n) is 6.34. The van der Waals surface area contributed by atoms with Gasteiger partial charge < -0.3 is 5.32 Å². The molecule has 1 aromatic heterocycles. The molecule has 0 spiro atoms. The Morgan fingerprint density at radius 3 is 2.41 bits per heavy atom. The lowest BCUT2D eigenvalue weighted by atomic mass is 9.99. The summed E-state index contributed by atoms with van der Waals surface area (Å²) in [5, 5.41) is 11.5. The summed E-state index contributed by atoms with van der Waals surface area (Å²) in [4.78, 5) is 2.55. The highest BCUT2D eigenvalue weighted by Crippen LogP contribution is 2.20. The molecular formula is C18H24N4. The van der Waals surface area contributed by atoms with Crippen LogP contribution < -0.4 is 5.32 Å². The zero-order chi connectivity index (χ0) is 15.4. The second-order valence-corrected chi connectivity index (χ2v) is 6.34. The van der Waals surface area contributed by atoms with Crippen LogP contribution in [0, 0.1) is 12.8 Å². The van der Waals surface area contributed by atoms with Gasteiger partial charge in [0.1, 0.15) is 0 Å². The number of hydrogen-bond donors (Lipinski definition) is 1. The first-order valence-corrected chi connectivity index (χ1v) is 8.08. The van der Waals surface area contributed by atoms with E-state index in [9.17, 15) is 0 Å². The van der Waals surface area contributed by atoms with E-state index in [2.05, 4.69) is 51.6 Å². The third-order valence-corrected chi connectivity index (χ3v) is 4.31. The molecule has 0 radical (unpaired) electrons. The molecule has 0 bridgehead atoms. The average molecular weight is 296 g/mol. The minimum atomic E-state index is 0.781. The maximum atomic E-state index is 4.13. The van der Waals surface area contributed by atoms with Gasteiger partial charge in [-0.25, -0.2) is 0 Å². The maximum Gasteiger partial charge on any atom is 0.153 e. The standard InChI is InChI=1S/C18H24N4/c1-14-9-11-22(12-10-14)13-16-4-6-17(7-5-16)19-18-8-3-15(2)20-21-18/h3-8,14H,9-13H2,1-2H3,(H,19,21). The summed E-state index contributed by atoms with van der Waals surface area (Å²) in [5.41, 5.74) is 3.35. The fourth-order valence-corrected chi connectivity index (χ4v) is 2.79. The molecule has 2 heterocycles. The van der Waals surface area contributed by atoms with Gasteiger partial charge in [-0.05, 0) is 68.6 Å². The molecule has 0 unspecified atom stereocenters. The highest BCUT2D eigenvalue weighted by Gasteiger charge is 2.15. The summed E-state index contributed by atoms with van der Waals surface area (Å²) < 4.78 is 0. The molecule has 4 heteroatoms. The smallest absolute Gasteiger partial charge is 0.153 e. The molecule has 1 aliphatic heterocycles. The van der Waals surface area contributed by atoms with E-state index in [0.717, 1.165) is 29.7 Å². The Morgan fingerprint density at radius 1 is 1.05 bits per heavy atom. The number of anilines is 2. The largest absolute Gasteiger partial charge is 0.339 e. The number of nitrogens with zero attached hydrogens (tertiary/aromatic N) is 3. The van der Waals surface area contributed by atoms with Gasteiger partial charge >= 0.3 is 0 Å². The number of rotatable bonds is 4. The molecule has 1 N–H and O–H groups in total. The molecule has 1 saturated heterocycles. The van der Waals surface area contributed by atoms with Gasteiger partial charge in [-0.1, -0.05) is 19.1 Å². The van der Waals surface area contributed by atoms with Crippen LogP contribution in [0.4, 0.5) is 11.5 Å². The van der Waals surface area contributed by atoms with Crippen molar-refractivity contribution in [2.45, 2.75) is 33.2 Å². The highest BCUT2D eigenvalue weighted by molar-refractivity contribution is 5.55. The molecule has 0 aliphatic carbocycles. The van der Waals surface area contributed by atoms with Crippen molar-refractivity contribution in [1.29, 1.82) is 0 Å². The SMILES string of the molecule is Cc1ccc(Nc2ccc(CN3CCC(C)CC3)cc2)nn1. The quantitative estimate of drug-likeness (QED) is 0.932. The predicted octanol–water partition coefficient (Wildman–Crippen LogP) is 3.76. The molecule has 2 aromatic rings. The van der Waals surface area contributed by atoms with Crippen LogP contribution in [0.2, 0.25) is 0 Å². The van der Waals surface area contributed by atoms with E-state index in [4.69, 9.17) is 0 Å². The lowest BCUT2D eigenvalue weighted by Gasteiger charge is -2.30. The van der Waals surface area contributed by atoms with E-state index in [1.54, 1.807) is 0 Å². The van der Waals surface area contributed by atoms with Crippen LogP contribution in [-0.2, 0) is 6.54 Å². The number of hydrogen-bond acceptors (Lipinski definition) is 4. The van der Waals surface area contributed by atoms with Gasteiger partial charge in [-0.2, -0.15) is 5.10 Å². The zero-order valence-corrected chi connectivity index (χ0v) is 13.4. The highest BCUT2D eigenvalue weighted by atomic mass is 15.2. The van der Waals surface area contributed by atoms with Crippen molar-refractivity contribution in [3.05, 3.63) is 47.7 Å². The van der Waals surface area contributed by atoms with Crippen molar-refractivity contribution in [1.82, 2.24) is 15.1 Å². The number of aromatic nitrogens is 2. The van der Waals surface area contributed by atoms with Gasteiger partial charge in [0.2, 0.25) is 0 Å². The van der Waals surface area contributed by atoms with E-state index in [1.807, 2.05) is 19.1 Å². The van der Waals surface area contributed by atoms with Gasteiger partial charge in [0, 0.05) is 12.2 Å². The molecule has 0 amide bonds. The normalized spacial score (nSPS) is 16.6. The van der Waals surface area contributed by atoms with Crippen LogP contribution in [0.25, 0.3) is 0 Å². The molecule has 3 rings (SSSR count). The molecule has 1 aromatic carbocycles. The second kappa shape index (κ2) is 6.88. The maximum absolute atomic E-state index is 4.13. The number of likely N-dealkylation sites (tertiary alicyclic amines) is 1. The van der Waals surface area contributed by atoms with Crippen LogP contribution in [0.1, 0.15) is 31.0 Å². The minimum absolute atomic E-state index is 0.781. The zero-order valence-electron chi connectivity index (χ0n) is 13.4. The van der Waals surface area contributed by atoms with Crippen LogP contribution in [0.15, 0.2) is 36.4 Å². The average Bonchev–Trinajstić information content (AvgIpc) is 2.54. The lowest BCUT2D eigenvalue weighted by Crippen LogP contribution is -2.32. The third kappa shape index (κ3) is 4.04. The van der Waals surface area contributed by atoms with Gasteiger partial charge in [0.05, 0.1) is 5.69 Å². The Morgan fingerprint density at radius 2 is 1.77 bits per heavy atom. The van der Waals surface area contributed by atoms with E-state index in [-0.39, 0.29) is 0 Å². The summed E-state index contributed by atoms with van der Waals surface area (Å²) in [7, 11) is 0. The molecule has 1 fully saturated rings. The van der Waals surface area contributed by atoms with Crippen molar-refractivity contribution in [3.63, 3.8) is 0 Å². The fraction of sp³-hybridized carbons (Fsp3) is 0.444. The molecule has 4 nitrogen and oxygen atoms in total. The summed E-state index contributed by atoms with van der Waals surface area (Å²) >= 11 is 0. The van der Waals surface area contributed by atoms with E-state index in [1.165, 1.54) is 31.5 Å². The van der Waals surface area contributed by atoms with Crippen LogP contribution in [0.5, 0.6) is 0 Å². The van der Waals surface area contributed by atoms with Crippen molar-refractivity contribution in [3.8, 4) is 0 Å². The van der Waals surface area contributed by atoms with Gasteiger partial charge in [-0.3, -0.25) is 4.90 Å². The van der Waals surface area contributed by atoms with Crippen molar-refractivity contribution in [2.24, 2.45) is 5.92 Å². The molecule has 1 aliphatic rings. The van der Waals surface area contributed by atoms with Crippen LogP contribution in [0.3, 0.4) is 0 Å². The molecule has 0 saturated carbocycles. The summed E-state index contributed by atoms with van der Waals surface area (Å²) in [6.07, 6.45) is 2.65. The first-order chi connectivity index (χ1) is 10.7. The Kier molecular flexibility index (Phi) is 4.68. The van der Waals surface area contributed by atoms with Crippen molar-refractivity contribution < 1.29 is 0 Å². The lowest BCUT2D eigenvalue weighted by molar-refractivity contribution is 0.185. The Bertz CT molecular complexity index is 583. The monoisotopic (exact) mass is 296 g/mol. The minimum Gasteiger partial charge on any atom is -0.339 e. The number of piperidine rings is 1. The fourth-order valence-electron chi connectivity index (χ4n) is 2.79. The van der Waals surface area contributed by atoms with E-state index >= 15 is 0 Å². The summed E-state index contributed by atoms with van der Waals surface area (Å²) in [5.74, 6) is 1.67. The molecule has 22 heavy (non-hydrogen) atoms. The van der Waals surface area contributed by atoms with E-state index < -0.39 is 0 Å². The number of benzene rings is 1.